The second-order valence-electron chi connectivity index (χ2n) is 4.24. The average Bonchev–Trinajstić information content (AvgIpc) is 2.39. The molecule has 0 aromatic heterocycles. The molecule has 100 valence electrons. The van der Waals surface area contributed by atoms with Crippen molar-refractivity contribution >= 4 is 34.2 Å². The van der Waals surface area contributed by atoms with Gasteiger partial charge in [0.25, 0.3) is 0 Å². The van der Waals surface area contributed by atoms with Crippen molar-refractivity contribution in [2.45, 2.75) is 13.0 Å². The Morgan fingerprint density at radius 2 is 2.00 bits per heavy atom. The summed E-state index contributed by atoms with van der Waals surface area (Å²) in [6.45, 7) is 2.02. The standard InChI is InChI=1S/C14H13ClFIN2/c1-8-3-2-4-10(13(8)17)14(19-18)11-7-9(16)5-6-12(11)15/h2-7,14,19H,18H2,1H3. The van der Waals surface area contributed by atoms with Gasteiger partial charge in [-0.2, -0.15) is 0 Å². The molecule has 0 saturated heterocycles. The van der Waals surface area contributed by atoms with Crippen molar-refractivity contribution in [3.63, 3.8) is 0 Å². The Morgan fingerprint density at radius 3 is 2.68 bits per heavy atom. The number of benzene rings is 2. The molecule has 0 aliphatic rings. The topological polar surface area (TPSA) is 38.0 Å². The van der Waals surface area contributed by atoms with E-state index in [-0.39, 0.29) is 11.9 Å². The van der Waals surface area contributed by atoms with Gasteiger partial charge < -0.3 is 0 Å². The van der Waals surface area contributed by atoms with E-state index in [1.807, 2.05) is 25.1 Å². The van der Waals surface area contributed by atoms with E-state index in [0.717, 1.165) is 14.7 Å². The highest BCUT2D eigenvalue weighted by atomic mass is 127. The Bertz CT molecular complexity index is 602. The monoisotopic (exact) mass is 390 g/mol. The SMILES string of the molecule is Cc1cccc(C(NN)c2cc(F)ccc2Cl)c1I. The molecule has 0 heterocycles. The van der Waals surface area contributed by atoms with Crippen molar-refractivity contribution in [3.05, 3.63) is 67.5 Å². The summed E-state index contributed by atoms with van der Waals surface area (Å²) >= 11 is 8.41. The van der Waals surface area contributed by atoms with Crippen LogP contribution >= 0.6 is 34.2 Å². The molecule has 0 amide bonds. The van der Waals surface area contributed by atoms with Crippen LogP contribution in [0.5, 0.6) is 0 Å². The summed E-state index contributed by atoms with van der Waals surface area (Å²) < 4.78 is 14.5. The van der Waals surface area contributed by atoms with Crippen molar-refractivity contribution in [1.82, 2.24) is 5.43 Å². The highest BCUT2D eigenvalue weighted by molar-refractivity contribution is 14.1. The summed E-state index contributed by atoms with van der Waals surface area (Å²) in [5.41, 5.74) is 5.47. The molecule has 1 atom stereocenters. The number of halogens is 3. The normalized spacial score (nSPS) is 12.5. The van der Waals surface area contributed by atoms with E-state index in [0.29, 0.717) is 10.6 Å². The van der Waals surface area contributed by atoms with Gasteiger partial charge in [0.05, 0.1) is 6.04 Å². The summed E-state index contributed by atoms with van der Waals surface area (Å²) in [6.07, 6.45) is 0. The lowest BCUT2D eigenvalue weighted by Gasteiger charge is -2.20. The van der Waals surface area contributed by atoms with Gasteiger partial charge in [-0.1, -0.05) is 29.8 Å². The Kier molecular flexibility index (Phi) is 4.78. The van der Waals surface area contributed by atoms with Crippen molar-refractivity contribution in [2.75, 3.05) is 0 Å². The molecule has 0 saturated carbocycles. The molecule has 1 unspecified atom stereocenters. The number of nitrogens with two attached hydrogens (primary N) is 1. The third-order valence-corrected chi connectivity index (χ3v) is 4.79. The lowest BCUT2D eigenvalue weighted by Crippen LogP contribution is -2.30. The summed E-state index contributed by atoms with van der Waals surface area (Å²) in [6, 6.07) is 9.87. The lowest BCUT2D eigenvalue weighted by molar-refractivity contribution is 0.604. The van der Waals surface area contributed by atoms with E-state index >= 15 is 0 Å². The quantitative estimate of drug-likeness (QED) is 0.473. The number of hydrogen-bond donors (Lipinski definition) is 2. The van der Waals surface area contributed by atoms with Gasteiger partial charge in [-0.05, 0) is 64.4 Å². The van der Waals surface area contributed by atoms with Gasteiger partial charge in [0.15, 0.2) is 0 Å². The first-order chi connectivity index (χ1) is 9.04. The predicted molar refractivity (Wildman–Crippen MR) is 84.5 cm³/mol. The van der Waals surface area contributed by atoms with E-state index in [1.54, 1.807) is 6.07 Å². The summed E-state index contributed by atoms with van der Waals surface area (Å²) in [4.78, 5) is 0. The number of hydrogen-bond acceptors (Lipinski definition) is 2. The molecule has 2 aromatic rings. The van der Waals surface area contributed by atoms with Gasteiger partial charge in [0.2, 0.25) is 0 Å². The second-order valence-corrected chi connectivity index (χ2v) is 5.73. The van der Waals surface area contributed by atoms with Crippen LogP contribution in [-0.2, 0) is 0 Å². The van der Waals surface area contributed by atoms with Crippen molar-refractivity contribution in [3.8, 4) is 0 Å². The molecule has 3 N–H and O–H groups in total. The van der Waals surface area contributed by atoms with Gasteiger partial charge in [-0.15, -0.1) is 0 Å². The Morgan fingerprint density at radius 1 is 1.26 bits per heavy atom. The van der Waals surface area contributed by atoms with Crippen molar-refractivity contribution < 1.29 is 4.39 Å². The fraction of sp³-hybridized carbons (Fsp3) is 0.143. The van der Waals surface area contributed by atoms with Gasteiger partial charge in [-0.3, -0.25) is 5.84 Å². The van der Waals surface area contributed by atoms with Crippen LogP contribution in [0.1, 0.15) is 22.7 Å². The zero-order chi connectivity index (χ0) is 14.0. The molecular weight excluding hydrogens is 378 g/mol. The molecule has 0 bridgehead atoms. The lowest BCUT2D eigenvalue weighted by atomic mass is 9.98. The molecular formula is C14H13ClFIN2. The highest BCUT2D eigenvalue weighted by Crippen LogP contribution is 2.32. The molecule has 0 spiro atoms. The molecule has 0 radical (unpaired) electrons. The third-order valence-electron chi connectivity index (χ3n) is 2.97. The van der Waals surface area contributed by atoms with Crippen LogP contribution in [-0.4, -0.2) is 0 Å². The van der Waals surface area contributed by atoms with Crippen LogP contribution in [0.25, 0.3) is 0 Å². The molecule has 0 fully saturated rings. The Balaban J connectivity index is 2.56. The molecule has 19 heavy (non-hydrogen) atoms. The van der Waals surface area contributed by atoms with Gasteiger partial charge >= 0.3 is 0 Å². The first-order valence-electron chi connectivity index (χ1n) is 5.70. The van der Waals surface area contributed by atoms with Crippen molar-refractivity contribution in [1.29, 1.82) is 0 Å². The largest absolute Gasteiger partial charge is 0.271 e. The first kappa shape index (κ1) is 14.7. The number of hydrazine groups is 1. The smallest absolute Gasteiger partial charge is 0.123 e. The van der Waals surface area contributed by atoms with E-state index in [1.165, 1.54) is 12.1 Å². The highest BCUT2D eigenvalue weighted by Gasteiger charge is 2.19. The van der Waals surface area contributed by atoms with E-state index in [9.17, 15) is 4.39 Å². The van der Waals surface area contributed by atoms with Gasteiger partial charge in [-0.25, -0.2) is 9.82 Å². The average molecular weight is 391 g/mol. The molecule has 2 nitrogen and oxygen atoms in total. The number of rotatable bonds is 3. The molecule has 0 aliphatic carbocycles. The second kappa shape index (κ2) is 6.17. The summed E-state index contributed by atoms with van der Waals surface area (Å²) in [7, 11) is 0. The van der Waals surface area contributed by atoms with Gasteiger partial charge in [0, 0.05) is 8.59 Å². The minimum absolute atomic E-state index is 0.331. The van der Waals surface area contributed by atoms with E-state index in [2.05, 4.69) is 28.0 Å². The zero-order valence-electron chi connectivity index (χ0n) is 10.3. The van der Waals surface area contributed by atoms with Crippen LogP contribution < -0.4 is 11.3 Å². The maximum atomic E-state index is 13.4. The number of nitrogens with one attached hydrogen (secondary N) is 1. The maximum Gasteiger partial charge on any atom is 0.123 e. The Hall–Kier alpha value is -0.690. The minimum atomic E-state index is -0.338. The summed E-state index contributed by atoms with van der Waals surface area (Å²) in [5.74, 6) is 5.31. The molecule has 2 aromatic carbocycles. The van der Waals surface area contributed by atoms with Crippen LogP contribution in [0.4, 0.5) is 4.39 Å². The third kappa shape index (κ3) is 3.08. The van der Waals surface area contributed by atoms with Crippen molar-refractivity contribution in [2.24, 2.45) is 5.84 Å². The fourth-order valence-electron chi connectivity index (χ4n) is 1.98. The molecule has 5 heteroatoms. The van der Waals surface area contributed by atoms with Crippen LogP contribution in [0, 0.1) is 16.3 Å². The number of aryl methyl sites for hydroxylation is 1. The first-order valence-corrected chi connectivity index (χ1v) is 7.16. The Labute approximate surface area is 130 Å². The predicted octanol–water partition coefficient (Wildman–Crippen LogP) is 3.94. The minimum Gasteiger partial charge on any atom is -0.271 e. The van der Waals surface area contributed by atoms with Crippen LogP contribution in [0.2, 0.25) is 5.02 Å². The van der Waals surface area contributed by atoms with E-state index < -0.39 is 0 Å². The zero-order valence-corrected chi connectivity index (χ0v) is 13.2. The summed E-state index contributed by atoms with van der Waals surface area (Å²) in [5, 5.41) is 0.488. The van der Waals surface area contributed by atoms with Crippen LogP contribution in [0.15, 0.2) is 36.4 Å². The van der Waals surface area contributed by atoms with E-state index in [4.69, 9.17) is 17.4 Å². The molecule has 2 rings (SSSR count). The van der Waals surface area contributed by atoms with Crippen LogP contribution in [0.3, 0.4) is 0 Å². The molecule has 0 aliphatic heterocycles. The maximum absolute atomic E-state index is 13.4. The van der Waals surface area contributed by atoms with Gasteiger partial charge in [0.1, 0.15) is 5.82 Å². The fourth-order valence-corrected chi connectivity index (χ4v) is 2.87.